The predicted octanol–water partition coefficient (Wildman–Crippen LogP) is 6.17. The number of rotatable bonds is 8. The Balaban J connectivity index is 1.90. The molecule has 150 valence electrons. The van der Waals surface area contributed by atoms with Crippen molar-refractivity contribution in [2.45, 2.75) is 37.8 Å². The summed E-state index contributed by atoms with van der Waals surface area (Å²) in [5.41, 5.74) is 4.03. The molecule has 0 heterocycles. The van der Waals surface area contributed by atoms with Gasteiger partial charge in [-0.1, -0.05) is 66.2 Å². The SMILES string of the molecule is C[C@H](NC(CC#N)c1ccccc1)[C@@H](Cc1ccc(Cl)cc1)c1cccc(C#N)c1. The van der Waals surface area contributed by atoms with Gasteiger partial charge in [0.15, 0.2) is 0 Å². The quantitative estimate of drug-likeness (QED) is 0.480. The summed E-state index contributed by atoms with van der Waals surface area (Å²) in [4.78, 5) is 0. The van der Waals surface area contributed by atoms with Crippen molar-refractivity contribution in [2.24, 2.45) is 0 Å². The Bertz CT molecular complexity index is 1030. The molecule has 3 nitrogen and oxygen atoms in total. The molecule has 0 saturated carbocycles. The van der Waals surface area contributed by atoms with Crippen LogP contribution in [0, 0.1) is 22.7 Å². The fraction of sp³-hybridized carbons (Fsp3) is 0.231. The lowest BCUT2D eigenvalue weighted by Gasteiger charge is -2.30. The topological polar surface area (TPSA) is 59.6 Å². The Kier molecular flexibility index (Phi) is 7.63. The third kappa shape index (κ3) is 5.71. The van der Waals surface area contributed by atoms with Gasteiger partial charge >= 0.3 is 0 Å². The highest BCUT2D eigenvalue weighted by Gasteiger charge is 2.23. The second-order valence-electron chi connectivity index (χ2n) is 7.46. The maximum absolute atomic E-state index is 9.36. The molecule has 30 heavy (non-hydrogen) atoms. The van der Waals surface area contributed by atoms with E-state index in [0.29, 0.717) is 17.0 Å². The van der Waals surface area contributed by atoms with E-state index in [2.05, 4.69) is 30.4 Å². The second-order valence-corrected chi connectivity index (χ2v) is 7.89. The summed E-state index contributed by atoms with van der Waals surface area (Å²) in [6, 6.07) is 30.3. The number of hydrogen-bond donors (Lipinski definition) is 1. The molecule has 0 spiro atoms. The van der Waals surface area contributed by atoms with E-state index in [0.717, 1.165) is 17.5 Å². The average molecular weight is 414 g/mol. The largest absolute Gasteiger partial charge is 0.306 e. The van der Waals surface area contributed by atoms with Crippen molar-refractivity contribution in [3.63, 3.8) is 0 Å². The maximum atomic E-state index is 9.36. The smallest absolute Gasteiger partial charge is 0.0991 e. The Morgan fingerprint density at radius 1 is 0.900 bits per heavy atom. The van der Waals surface area contributed by atoms with Gasteiger partial charge in [-0.15, -0.1) is 0 Å². The predicted molar refractivity (Wildman–Crippen MR) is 121 cm³/mol. The summed E-state index contributed by atoms with van der Waals surface area (Å²) in [6.45, 7) is 2.15. The van der Waals surface area contributed by atoms with Crippen LogP contribution in [-0.4, -0.2) is 6.04 Å². The molecule has 0 bridgehead atoms. The van der Waals surface area contributed by atoms with Gasteiger partial charge in [-0.3, -0.25) is 0 Å². The molecule has 0 fully saturated rings. The van der Waals surface area contributed by atoms with Gasteiger partial charge in [-0.25, -0.2) is 0 Å². The fourth-order valence-corrected chi connectivity index (χ4v) is 3.91. The van der Waals surface area contributed by atoms with Gasteiger partial charge in [0, 0.05) is 23.0 Å². The summed E-state index contributed by atoms with van der Waals surface area (Å²) < 4.78 is 0. The molecule has 3 aromatic carbocycles. The third-order valence-electron chi connectivity index (χ3n) is 5.38. The van der Waals surface area contributed by atoms with E-state index in [-0.39, 0.29) is 18.0 Å². The van der Waals surface area contributed by atoms with Crippen molar-refractivity contribution in [3.05, 3.63) is 106 Å². The molecule has 0 aliphatic rings. The van der Waals surface area contributed by atoms with E-state index in [4.69, 9.17) is 11.6 Å². The van der Waals surface area contributed by atoms with Crippen LogP contribution < -0.4 is 5.32 Å². The average Bonchev–Trinajstić information content (AvgIpc) is 2.79. The Morgan fingerprint density at radius 3 is 2.27 bits per heavy atom. The standard InChI is InChI=1S/C26H24ClN3/c1-19(30-26(14-15-28)22-7-3-2-4-8-22)25(17-20-10-12-24(27)13-11-20)23-9-5-6-21(16-23)18-29/h2-13,16,19,25-26,30H,14,17H2,1H3/t19-,25+,26?/m0/s1. The van der Waals surface area contributed by atoms with Crippen LogP contribution in [0.2, 0.25) is 5.02 Å². The summed E-state index contributed by atoms with van der Waals surface area (Å²) in [6.07, 6.45) is 1.19. The summed E-state index contributed by atoms with van der Waals surface area (Å²) in [5, 5.41) is 23.1. The molecule has 4 heteroatoms. The number of nitrogens with zero attached hydrogens (tertiary/aromatic N) is 2. The molecule has 1 N–H and O–H groups in total. The van der Waals surface area contributed by atoms with Gasteiger partial charge in [0.25, 0.3) is 0 Å². The van der Waals surface area contributed by atoms with E-state index in [1.807, 2.05) is 72.8 Å². The van der Waals surface area contributed by atoms with Crippen LogP contribution in [0.1, 0.15) is 47.6 Å². The molecular weight excluding hydrogens is 390 g/mol. The van der Waals surface area contributed by atoms with Gasteiger partial charge in [0.1, 0.15) is 0 Å². The molecule has 0 saturated heterocycles. The fourth-order valence-electron chi connectivity index (χ4n) is 3.78. The zero-order valence-electron chi connectivity index (χ0n) is 16.9. The molecule has 0 aliphatic heterocycles. The van der Waals surface area contributed by atoms with Crippen LogP contribution in [0.4, 0.5) is 0 Å². The minimum absolute atomic E-state index is 0.0573. The van der Waals surface area contributed by atoms with Gasteiger partial charge in [-0.05, 0) is 54.3 Å². The first kappa shape index (κ1) is 21.6. The van der Waals surface area contributed by atoms with Crippen LogP contribution in [0.15, 0.2) is 78.9 Å². The molecule has 0 amide bonds. The highest BCUT2D eigenvalue weighted by atomic mass is 35.5. The molecule has 3 rings (SSSR count). The summed E-state index contributed by atoms with van der Waals surface area (Å²) in [7, 11) is 0. The highest BCUT2D eigenvalue weighted by molar-refractivity contribution is 6.30. The van der Waals surface area contributed by atoms with Crippen molar-refractivity contribution in [3.8, 4) is 12.1 Å². The number of hydrogen-bond acceptors (Lipinski definition) is 3. The Hall–Kier alpha value is -3.11. The Morgan fingerprint density at radius 2 is 1.60 bits per heavy atom. The lowest BCUT2D eigenvalue weighted by Crippen LogP contribution is -2.36. The zero-order valence-corrected chi connectivity index (χ0v) is 17.7. The first-order valence-corrected chi connectivity index (χ1v) is 10.4. The molecule has 3 aromatic rings. The minimum atomic E-state index is -0.0573. The van der Waals surface area contributed by atoms with Gasteiger partial charge in [-0.2, -0.15) is 10.5 Å². The number of nitrogens with one attached hydrogen (secondary N) is 1. The van der Waals surface area contributed by atoms with Crippen molar-refractivity contribution < 1.29 is 0 Å². The Labute approximate surface area is 183 Å². The van der Waals surface area contributed by atoms with Crippen LogP contribution in [0.5, 0.6) is 0 Å². The highest BCUT2D eigenvalue weighted by Crippen LogP contribution is 2.28. The van der Waals surface area contributed by atoms with E-state index in [1.165, 1.54) is 5.56 Å². The van der Waals surface area contributed by atoms with Crippen molar-refractivity contribution in [2.75, 3.05) is 0 Å². The number of halogens is 1. The monoisotopic (exact) mass is 413 g/mol. The summed E-state index contributed by atoms with van der Waals surface area (Å²) >= 11 is 6.06. The van der Waals surface area contributed by atoms with Gasteiger partial charge < -0.3 is 5.32 Å². The molecule has 0 aromatic heterocycles. The minimum Gasteiger partial charge on any atom is -0.306 e. The van der Waals surface area contributed by atoms with E-state index in [9.17, 15) is 10.5 Å². The third-order valence-corrected chi connectivity index (χ3v) is 5.63. The maximum Gasteiger partial charge on any atom is 0.0991 e. The van der Waals surface area contributed by atoms with Crippen molar-refractivity contribution >= 4 is 11.6 Å². The van der Waals surface area contributed by atoms with Crippen LogP contribution >= 0.6 is 11.6 Å². The number of benzene rings is 3. The lowest BCUT2D eigenvalue weighted by atomic mass is 9.85. The molecular formula is C26H24ClN3. The van der Waals surface area contributed by atoms with E-state index >= 15 is 0 Å². The molecule has 1 unspecified atom stereocenters. The normalized spacial score (nSPS) is 13.6. The molecule has 0 aliphatic carbocycles. The van der Waals surface area contributed by atoms with Crippen LogP contribution in [0.3, 0.4) is 0 Å². The van der Waals surface area contributed by atoms with Gasteiger partial charge in [0.05, 0.1) is 24.1 Å². The number of nitriles is 2. The lowest BCUT2D eigenvalue weighted by molar-refractivity contribution is 0.401. The zero-order chi connectivity index (χ0) is 21.3. The summed E-state index contributed by atoms with van der Waals surface area (Å²) in [5.74, 6) is 0.129. The van der Waals surface area contributed by atoms with Crippen LogP contribution in [-0.2, 0) is 6.42 Å². The first-order chi connectivity index (χ1) is 14.6. The van der Waals surface area contributed by atoms with Crippen molar-refractivity contribution in [1.82, 2.24) is 5.32 Å². The first-order valence-electron chi connectivity index (χ1n) is 10.0. The van der Waals surface area contributed by atoms with Crippen LogP contribution in [0.25, 0.3) is 0 Å². The van der Waals surface area contributed by atoms with Crippen molar-refractivity contribution in [1.29, 1.82) is 10.5 Å². The second kappa shape index (κ2) is 10.6. The molecule has 0 radical (unpaired) electrons. The molecule has 3 atom stereocenters. The van der Waals surface area contributed by atoms with E-state index in [1.54, 1.807) is 0 Å². The van der Waals surface area contributed by atoms with E-state index < -0.39 is 0 Å². The van der Waals surface area contributed by atoms with Gasteiger partial charge in [0.2, 0.25) is 0 Å².